The predicted molar refractivity (Wildman–Crippen MR) is 350 cm³/mol. The van der Waals surface area contributed by atoms with Gasteiger partial charge in [0.2, 0.25) is 0 Å². The lowest BCUT2D eigenvalue weighted by atomic mass is 10.0. The van der Waals surface area contributed by atoms with E-state index in [9.17, 15) is 20.0 Å². The number of carboxylic acids is 1. The van der Waals surface area contributed by atoms with E-state index in [1.54, 1.807) is 17.4 Å². The summed E-state index contributed by atoms with van der Waals surface area (Å²) in [6.07, 6.45) is 18.3. The van der Waals surface area contributed by atoms with Gasteiger partial charge in [0.1, 0.15) is 11.6 Å². The summed E-state index contributed by atoms with van der Waals surface area (Å²) in [4.78, 5) is 38.3. The number of rotatable bonds is 25. The van der Waals surface area contributed by atoms with E-state index in [4.69, 9.17) is 0 Å². The Morgan fingerprint density at radius 3 is 1.32 bits per heavy atom. The van der Waals surface area contributed by atoms with E-state index in [1.165, 1.54) is 116 Å². The number of hydrogen-bond acceptors (Lipinski definition) is 8. The van der Waals surface area contributed by atoms with Gasteiger partial charge in [-0.3, -0.25) is 4.79 Å². The monoisotopic (exact) mass is 1150 g/mol. The molecule has 0 atom stereocenters. The van der Waals surface area contributed by atoms with Crippen LogP contribution in [0.4, 0.5) is 17.1 Å². The van der Waals surface area contributed by atoms with Crippen LogP contribution in [0.2, 0.25) is 0 Å². The smallest absolute Gasteiger partial charge is 0.346 e. The number of carboxylic acid groups (broad SMARTS) is 1. The normalized spacial score (nSPS) is 11.9. The van der Waals surface area contributed by atoms with E-state index in [2.05, 4.69) is 176 Å². The molecule has 82 heavy (non-hydrogen) atoms. The third-order valence-electron chi connectivity index (χ3n) is 15.6. The minimum atomic E-state index is -1.23. The van der Waals surface area contributed by atoms with Crippen molar-refractivity contribution in [1.82, 2.24) is 0 Å². The quantitative estimate of drug-likeness (QED) is 0.0350. The van der Waals surface area contributed by atoms with Crippen LogP contribution in [0.3, 0.4) is 0 Å². The summed E-state index contributed by atoms with van der Waals surface area (Å²) in [7, 11) is 0. The third-order valence-corrected chi connectivity index (χ3v) is 20.6. The topological polar surface area (TPSA) is 81.4 Å². The van der Waals surface area contributed by atoms with E-state index >= 15 is 0 Å². The zero-order valence-electron chi connectivity index (χ0n) is 46.6. The SMILES string of the molecule is CCCCCCCCc1cc(-c2ccc3c(c2)C(=O)c2cc(-c4cc(CCCCCCCC)c(-c5ccc(-c6ccc(N(c7ccccc7)c7ccccc7)cc6)s5)s4)ccc2-3)sc1-c1ccc(-c2ccc(/C=C(\C#N)C(=O)O)cc2)s1. The van der Waals surface area contributed by atoms with Gasteiger partial charge in [-0.05, 0) is 167 Å². The van der Waals surface area contributed by atoms with E-state index < -0.39 is 5.97 Å². The molecule has 0 saturated carbocycles. The van der Waals surface area contributed by atoms with Crippen LogP contribution in [-0.4, -0.2) is 16.9 Å². The molecule has 0 bridgehead atoms. The van der Waals surface area contributed by atoms with E-state index in [0.29, 0.717) is 5.56 Å². The standard InChI is InChI=1S/C73H66N2O3S4/c1-3-5-7-9-11-15-21-54-46-68(81-71(54)66-41-39-64(79-66)50-29-27-49(28-30-50)43-56(48-74)73(77)78)52-33-37-60-61-38-34-53(45-63(61)70(76)62(60)44-52)69-47-55(22-16-12-10-8-6-4-2)72(82-69)67-42-40-65(80-67)51-31-35-59(36-32-51)75(57-23-17-13-18-24-57)58-25-19-14-20-26-58/h13-14,17-20,23-47H,3-12,15-16,21-22H2,1-2H3,(H,77,78)/b56-43+. The van der Waals surface area contributed by atoms with Crippen molar-refractivity contribution in [3.63, 3.8) is 0 Å². The molecule has 0 radical (unpaired) electrons. The Hall–Kier alpha value is -7.71. The van der Waals surface area contributed by atoms with Crippen LogP contribution in [0.25, 0.3) is 78.5 Å². The first kappa shape index (κ1) is 56.2. The zero-order valence-corrected chi connectivity index (χ0v) is 49.9. The summed E-state index contributed by atoms with van der Waals surface area (Å²) in [5.41, 5.74) is 14.4. The van der Waals surface area contributed by atoms with Crippen LogP contribution >= 0.6 is 45.3 Å². The summed E-state index contributed by atoms with van der Waals surface area (Å²) in [5.74, 6) is -1.15. The predicted octanol–water partition coefficient (Wildman–Crippen LogP) is 22.4. The van der Waals surface area contributed by atoms with Gasteiger partial charge in [-0.2, -0.15) is 5.26 Å². The van der Waals surface area contributed by atoms with Crippen molar-refractivity contribution in [3.05, 3.63) is 215 Å². The molecular weight excluding hydrogens is 1080 g/mol. The number of benzene rings is 6. The van der Waals surface area contributed by atoms with Gasteiger partial charge in [0, 0.05) is 67.2 Å². The van der Waals surface area contributed by atoms with Crippen molar-refractivity contribution in [2.75, 3.05) is 4.90 Å². The first-order valence-electron chi connectivity index (χ1n) is 29.0. The fourth-order valence-electron chi connectivity index (χ4n) is 11.2. The van der Waals surface area contributed by atoms with Crippen molar-refractivity contribution < 1.29 is 14.7 Å². The number of ketones is 1. The molecule has 1 N–H and O–H groups in total. The number of unbranched alkanes of at least 4 members (excludes halogenated alkanes) is 10. The number of para-hydroxylation sites is 2. The van der Waals surface area contributed by atoms with Crippen LogP contribution in [0, 0.1) is 11.3 Å². The van der Waals surface area contributed by atoms with Gasteiger partial charge >= 0.3 is 5.97 Å². The number of fused-ring (bicyclic) bond motifs is 3. The Kier molecular flexibility index (Phi) is 18.1. The molecule has 6 aromatic carbocycles. The highest BCUT2D eigenvalue weighted by molar-refractivity contribution is 7.26. The Morgan fingerprint density at radius 1 is 0.451 bits per heavy atom. The van der Waals surface area contributed by atoms with Crippen LogP contribution in [0.1, 0.15) is 124 Å². The maximum absolute atomic E-state index is 14.7. The molecule has 11 rings (SSSR count). The van der Waals surface area contributed by atoms with E-state index in [1.807, 2.05) is 58.3 Å². The molecule has 0 aliphatic heterocycles. The highest BCUT2D eigenvalue weighted by Gasteiger charge is 2.29. The van der Waals surface area contributed by atoms with Gasteiger partial charge in [0.15, 0.2) is 5.78 Å². The maximum atomic E-state index is 14.7. The van der Waals surface area contributed by atoms with E-state index in [0.717, 1.165) is 91.4 Å². The molecule has 0 spiro atoms. The lowest BCUT2D eigenvalue weighted by Gasteiger charge is -2.25. The number of hydrogen-bond donors (Lipinski definition) is 1. The molecule has 1 aliphatic carbocycles. The van der Waals surface area contributed by atoms with Crippen LogP contribution in [0.15, 0.2) is 188 Å². The number of carbonyl (C=O) groups is 2. The number of aryl methyl sites for hydroxylation is 2. The van der Waals surface area contributed by atoms with E-state index in [-0.39, 0.29) is 11.4 Å². The number of nitrogens with zero attached hydrogens (tertiary/aromatic N) is 2. The van der Waals surface area contributed by atoms with Gasteiger partial charge in [-0.1, -0.05) is 175 Å². The molecule has 4 heterocycles. The van der Waals surface area contributed by atoms with Gasteiger partial charge in [0.25, 0.3) is 0 Å². The lowest BCUT2D eigenvalue weighted by Crippen LogP contribution is -2.09. The van der Waals surface area contributed by atoms with Crippen LogP contribution in [-0.2, 0) is 17.6 Å². The van der Waals surface area contributed by atoms with Gasteiger partial charge in [0.05, 0.1) is 0 Å². The van der Waals surface area contributed by atoms with Crippen molar-refractivity contribution >= 4 is 80.2 Å². The zero-order chi connectivity index (χ0) is 56.4. The molecule has 410 valence electrons. The molecule has 0 saturated heterocycles. The maximum Gasteiger partial charge on any atom is 0.346 e. The second-order valence-electron chi connectivity index (χ2n) is 21.3. The first-order valence-corrected chi connectivity index (χ1v) is 32.3. The van der Waals surface area contributed by atoms with Crippen LogP contribution < -0.4 is 4.90 Å². The molecule has 9 heteroatoms. The van der Waals surface area contributed by atoms with Crippen molar-refractivity contribution in [3.8, 4) is 78.5 Å². The van der Waals surface area contributed by atoms with Gasteiger partial charge in [-0.25, -0.2) is 4.79 Å². The average Bonchev–Trinajstić information content (AvgIpc) is 4.56. The summed E-state index contributed by atoms with van der Waals surface area (Å²) < 4.78 is 0. The second kappa shape index (κ2) is 26.5. The van der Waals surface area contributed by atoms with Gasteiger partial charge in [-0.15, -0.1) is 45.3 Å². The minimum absolute atomic E-state index is 0.0858. The largest absolute Gasteiger partial charge is 0.477 e. The number of nitriles is 1. The average molecular weight is 1150 g/mol. The number of thiophene rings is 4. The Bertz CT molecular complexity index is 3870. The van der Waals surface area contributed by atoms with Crippen molar-refractivity contribution in [1.29, 1.82) is 5.26 Å². The molecule has 0 amide bonds. The molecule has 1 aliphatic rings. The third kappa shape index (κ3) is 12.7. The Labute approximate surface area is 499 Å². The summed E-state index contributed by atoms with van der Waals surface area (Å²) in [5, 5.41) is 18.6. The minimum Gasteiger partial charge on any atom is -0.477 e. The Balaban J connectivity index is 0.850. The summed E-state index contributed by atoms with van der Waals surface area (Å²) in [6.45, 7) is 4.53. The Morgan fingerprint density at radius 2 is 0.866 bits per heavy atom. The second-order valence-corrected chi connectivity index (χ2v) is 25.6. The first-order chi connectivity index (χ1) is 40.3. The lowest BCUT2D eigenvalue weighted by molar-refractivity contribution is -0.132. The molecule has 10 aromatic rings. The van der Waals surface area contributed by atoms with Crippen LogP contribution in [0.5, 0.6) is 0 Å². The van der Waals surface area contributed by atoms with Crippen molar-refractivity contribution in [2.24, 2.45) is 0 Å². The summed E-state index contributed by atoms with van der Waals surface area (Å²) in [6, 6.07) is 66.3. The molecular formula is C73H66N2O3S4. The van der Waals surface area contributed by atoms with Gasteiger partial charge < -0.3 is 10.0 Å². The molecule has 5 nitrogen and oxygen atoms in total. The highest BCUT2D eigenvalue weighted by atomic mass is 32.1. The summed E-state index contributed by atoms with van der Waals surface area (Å²) >= 11 is 7.29. The number of carbonyl (C=O) groups excluding carboxylic acids is 1. The fraction of sp³-hybridized carbons (Fsp3) is 0.219. The highest BCUT2D eigenvalue weighted by Crippen LogP contribution is 2.49. The number of anilines is 3. The number of aliphatic carboxylic acids is 1. The van der Waals surface area contributed by atoms with Crippen molar-refractivity contribution in [2.45, 2.75) is 104 Å². The molecule has 4 aromatic heterocycles. The molecule has 0 fully saturated rings. The molecule has 0 unspecified atom stereocenters. The fourth-order valence-corrected chi connectivity index (χ4v) is 15.9.